The number of nitrogens with zero attached hydrogens (tertiary/aromatic N) is 2. The van der Waals surface area contributed by atoms with Gasteiger partial charge >= 0.3 is 0 Å². The Hall–Kier alpha value is -1.13. The quantitative estimate of drug-likeness (QED) is 0.845. The van der Waals surface area contributed by atoms with Crippen LogP contribution in [0.1, 0.15) is 30.9 Å². The first-order chi connectivity index (χ1) is 8.22. The summed E-state index contributed by atoms with van der Waals surface area (Å²) in [4.78, 5) is 6.60. The molecule has 0 saturated carbocycles. The molecular formula is C13H21N3O. The summed E-state index contributed by atoms with van der Waals surface area (Å²) in [7, 11) is 3.77. The molecule has 4 nitrogen and oxygen atoms in total. The fourth-order valence-corrected chi connectivity index (χ4v) is 2.55. The van der Waals surface area contributed by atoms with Crippen molar-refractivity contribution in [2.45, 2.75) is 31.3 Å². The van der Waals surface area contributed by atoms with E-state index < -0.39 is 0 Å². The van der Waals surface area contributed by atoms with Crippen molar-refractivity contribution in [3.8, 4) is 5.88 Å². The van der Waals surface area contributed by atoms with E-state index in [2.05, 4.69) is 23.0 Å². The summed E-state index contributed by atoms with van der Waals surface area (Å²) in [6.45, 7) is 1.10. The van der Waals surface area contributed by atoms with Gasteiger partial charge in [0.25, 0.3) is 0 Å². The number of pyridine rings is 1. The number of hydrogen-bond donors (Lipinski definition) is 1. The van der Waals surface area contributed by atoms with Crippen LogP contribution in [0, 0.1) is 0 Å². The van der Waals surface area contributed by atoms with Crippen molar-refractivity contribution >= 4 is 0 Å². The Morgan fingerprint density at radius 3 is 2.88 bits per heavy atom. The Morgan fingerprint density at radius 1 is 1.41 bits per heavy atom. The molecule has 1 fully saturated rings. The summed E-state index contributed by atoms with van der Waals surface area (Å²) >= 11 is 0. The monoisotopic (exact) mass is 235 g/mol. The zero-order valence-electron chi connectivity index (χ0n) is 10.6. The number of likely N-dealkylation sites (tertiary alicyclic amines) is 1. The molecule has 2 heterocycles. The van der Waals surface area contributed by atoms with E-state index in [9.17, 15) is 0 Å². The molecule has 0 amide bonds. The zero-order valence-corrected chi connectivity index (χ0v) is 10.6. The number of hydrogen-bond acceptors (Lipinski definition) is 4. The highest BCUT2D eigenvalue weighted by Gasteiger charge is 2.26. The van der Waals surface area contributed by atoms with Crippen molar-refractivity contribution in [2.24, 2.45) is 5.73 Å². The first-order valence-electron chi connectivity index (χ1n) is 6.18. The fraction of sp³-hybridized carbons (Fsp3) is 0.615. The molecule has 4 heteroatoms. The Bertz CT molecular complexity index is 340. The van der Waals surface area contributed by atoms with E-state index in [4.69, 9.17) is 10.5 Å². The van der Waals surface area contributed by atoms with E-state index in [1.54, 1.807) is 7.11 Å². The lowest BCUT2D eigenvalue weighted by molar-refractivity contribution is 0.229. The number of aromatic nitrogens is 1. The third kappa shape index (κ3) is 2.76. The molecule has 1 aliphatic heterocycles. The highest BCUT2D eigenvalue weighted by molar-refractivity contribution is 5.22. The van der Waals surface area contributed by atoms with Crippen molar-refractivity contribution in [3.05, 3.63) is 23.9 Å². The molecule has 0 radical (unpaired) electrons. The molecular weight excluding hydrogens is 214 g/mol. The van der Waals surface area contributed by atoms with Gasteiger partial charge in [-0.25, -0.2) is 4.98 Å². The third-order valence-corrected chi connectivity index (χ3v) is 3.49. The summed E-state index contributed by atoms with van der Waals surface area (Å²) in [5.74, 6) is 0.651. The molecule has 94 valence electrons. The standard InChI is InChI=1S/C13H21N3O/c1-16-8-4-3-5-11(14)13(16)10-6-7-12(17-2)15-9-10/h6-7,9,11,13H,3-5,8,14H2,1-2H3. The minimum atomic E-state index is 0.192. The maximum Gasteiger partial charge on any atom is 0.212 e. The van der Waals surface area contributed by atoms with Gasteiger partial charge in [-0.1, -0.05) is 12.5 Å². The van der Waals surface area contributed by atoms with Crippen LogP contribution < -0.4 is 10.5 Å². The molecule has 2 rings (SSSR count). The largest absolute Gasteiger partial charge is 0.481 e. The maximum atomic E-state index is 6.27. The average molecular weight is 235 g/mol. The van der Waals surface area contributed by atoms with E-state index in [1.807, 2.05) is 12.3 Å². The Labute approximate surface area is 103 Å². The molecule has 2 atom stereocenters. The van der Waals surface area contributed by atoms with Gasteiger partial charge < -0.3 is 10.5 Å². The fourth-order valence-electron chi connectivity index (χ4n) is 2.55. The predicted molar refractivity (Wildman–Crippen MR) is 68.0 cm³/mol. The van der Waals surface area contributed by atoms with Crippen molar-refractivity contribution in [1.29, 1.82) is 0 Å². The van der Waals surface area contributed by atoms with Gasteiger partial charge in [-0.15, -0.1) is 0 Å². The summed E-state index contributed by atoms with van der Waals surface area (Å²) in [5.41, 5.74) is 7.45. The first-order valence-corrected chi connectivity index (χ1v) is 6.18. The lowest BCUT2D eigenvalue weighted by Gasteiger charge is -2.30. The number of nitrogens with two attached hydrogens (primary N) is 1. The van der Waals surface area contributed by atoms with E-state index in [0.717, 1.165) is 13.0 Å². The molecule has 17 heavy (non-hydrogen) atoms. The van der Waals surface area contributed by atoms with Gasteiger partial charge in [0.15, 0.2) is 0 Å². The molecule has 0 spiro atoms. The summed E-state index contributed by atoms with van der Waals surface area (Å²) in [6, 6.07) is 4.44. The van der Waals surface area contributed by atoms with Crippen molar-refractivity contribution in [2.75, 3.05) is 20.7 Å². The van der Waals surface area contributed by atoms with Crippen LogP contribution in [0.3, 0.4) is 0 Å². The Kier molecular flexibility index (Phi) is 3.97. The first kappa shape index (κ1) is 12.3. The topological polar surface area (TPSA) is 51.4 Å². The minimum Gasteiger partial charge on any atom is -0.481 e. The van der Waals surface area contributed by atoms with Crippen molar-refractivity contribution in [3.63, 3.8) is 0 Å². The molecule has 1 saturated heterocycles. The molecule has 2 N–H and O–H groups in total. The van der Waals surface area contributed by atoms with Gasteiger partial charge in [0, 0.05) is 18.3 Å². The third-order valence-electron chi connectivity index (χ3n) is 3.49. The van der Waals surface area contributed by atoms with Crippen LogP contribution in [0.2, 0.25) is 0 Å². The predicted octanol–water partition coefficient (Wildman–Crippen LogP) is 1.57. The SMILES string of the molecule is COc1ccc(C2C(N)CCCCN2C)cn1. The van der Waals surface area contributed by atoms with Crippen LogP contribution in [0.25, 0.3) is 0 Å². The normalized spacial score (nSPS) is 26.5. The number of rotatable bonds is 2. The molecule has 1 aromatic rings. The summed E-state index contributed by atoms with van der Waals surface area (Å²) in [5, 5.41) is 0. The second kappa shape index (κ2) is 5.47. The van der Waals surface area contributed by atoms with Crippen LogP contribution >= 0.6 is 0 Å². The van der Waals surface area contributed by atoms with Crippen molar-refractivity contribution in [1.82, 2.24) is 9.88 Å². The number of likely N-dealkylation sites (N-methyl/N-ethyl adjacent to an activating group) is 1. The summed E-state index contributed by atoms with van der Waals surface area (Å²) < 4.78 is 5.08. The highest BCUT2D eigenvalue weighted by Crippen LogP contribution is 2.28. The van der Waals surface area contributed by atoms with E-state index in [-0.39, 0.29) is 12.1 Å². The number of ether oxygens (including phenoxy) is 1. The van der Waals surface area contributed by atoms with E-state index >= 15 is 0 Å². The van der Waals surface area contributed by atoms with Gasteiger partial charge in [0.2, 0.25) is 5.88 Å². The highest BCUT2D eigenvalue weighted by atomic mass is 16.5. The van der Waals surface area contributed by atoms with Crippen molar-refractivity contribution < 1.29 is 4.74 Å². The van der Waals surface area contributed by atoms with Gasteiger partial charge in [0.1, 0.15) is 0 Å². The van der Waals surface area contributed by atoms with E-state index in [0.29, 0.717) is 5.88 Å². The molecule has 0 aromatic carbocycles. The Morgan fingerprint density at radius 2 is 2.24 bits per heavy atom. The second-order valence-electron chi connectivity index (χ2n) is 4.72. The van der Waals surface area contributed by atoms with Gasteiger partial charge in [-0.2, -0.15) is 0 Å². The summed E-state index contributed by atoms with van der Waals surface area (Å²) in [6.07, 6.45) is 5.40. The maximum absolute atomic E-state index is 6.27. The van der Waals surface area contributed by atoms with Gasteiger partial charge in [-0.05, 0) is 32.0 Å². The van der Waals surface area contributed by atoms with Crippen LogP contribution in [-0.2, 0) is 0 Å². The lowest BCUT2D eigenvalue weighted by atomic mass is 9.98. The van der Waals surface area contributed by atoms with Crippen LogP contribution in [0.15, 0.2) is 18.3 Å². The van der Waals surface area contributed by atoms with Crippen LogP contribution in [0.4, 0.5) is 0 Å². The van der Waals surface area contributed by atoms with Crippen LogP contribution in [0.5, 0.6) is 5.88 Å². The van der Waals surface area contributed by atoms with E-state index in [1.165, 1.54) is 18.4 Å². The van der Waals surface area contributed by atoms with Gasteiger partial charge in [-0.3, -0.25) is 4.90 Å². The lowest BCUT2D eigenvalue weighted by Crippen LogP contribution is -2.37. The van der Waals surface area contributed by atoms with Crippen LogP contribution in [-0.4, -0.2) is 36.6 Å². The zero-order chi connectivity index (χ0) is 12.3. The number of methoxy groups -OCH3 is 1. The Balaban J connectivity index is 2.22. The average Bonchev–Trinajstić information content (AvgIpc) is 2.51. The molecule has 1 aliphatic rings. The van der Waals surface area contributed by atoms with Gasteiger partial charge in [0.05, 0.1) is 13.2 Å². The minimum absolute atomic E-state index is 0.192. The smallest absolute Gasteiger partial charge is 0.212 e. The molecule has 0 aliphatic carbocycles. The molecule has 1 aromatic heterocycles. The molecule has 2 unspecified atom stereocenters. The molecule has 0 bridgehead atoms. The second-order valence-corrected chi connectivity index (χ2v) is 4.72.